The second-order valence-corrected chi connectivity index (χ2v) is 5.93. The molecular weight excluding hydrogens is 295 g/mol. The summed E-state index contributed by atoms with van der Waals surface area (Å²) in [7, 11) is 0. The first-order valence-corrected chi connectivity index (χ1v) is 7.42. The van der Waals surface area contributed by atoms with Crippen molar-refractivity contribution in [3.63, 3.8) is 0 Å². The number of aromatic nitrogens is 3. The van der Waals surface area contributed by atoms with E-state index in [1.165, 1.54) is 12.8 Å². The van der Waals surface area contributed by atoms with Gasteiger partial charge in [0, 0.05) is 12.6 Å². The molecular formula is C14H16Cl2N4. The van der Waals surface area contributed by atoms with Crippen LogP contribution >= 0.6 is 23.2 Å². The van der Waals surface area contributed by atoms with Gasteiger partial charge in [0.25, 0.3) is 0 Å². The number of nitrogens with zero attached hydrogens (tertiary/aromatic N) is 3. The van der Waals surface area contributed by atoms with Crippen molar-refractivity contribution in [1.29, 1.82) is 0 Å². The molecule has 0 spiro atoms. The maximum absolute atomic E-state index is 6.21. The van der Waals surface area contributed by atoms with Gasteiger partial charge in [-0.3, -0.25) is 0 Å². The molecule has 2 aromatic rings. The van der Waals surface area contributed by atoms with E-state index in [1.807, 2.05) is 26.0 Å². The molecule has 4 nitrogen and oxygen atoms in total. The van der Waals surface area contributed by atoms with Gasteiger partial charge in [0.15, 0.2) is 5.82 Å². The summed E-state index contributed by atoms with van der Waals surface area (Å²) in [5.41, 5.74) is 2.54. The molecule has 20 heavy (non-hydrogen) atoms. The molecule has 2 aromatic heterocycles. The highest BCUT2D eigenvalue weighted by molar-refractivity contribution is 6.32. The molecule has 0 atom stereocenters. The normalized spacial score (nSPS) is 14.8. The van der Waals surface area contributed by atoms with Gasteiger partial charge in [-0.05, 0) is 38.8 Å². The molecule has 0 aliphatic heterocycles. The second-order valence-electron chi connectivity index (χ2n) is 5.15. The Labute approximate surface area is 128 Å². The minimum atomic E-state index is 0.625. The van der Waals surface area contributed by atoms with Crippen LogP contribution in [0.25, 0.3) is 5.82 Å². The number of rotatable bonds is 4. The van der Waals surface area contributed by atoms with E-state index in [9.17, 15) is 0 Å². The van der Waals surface area contributed by atoms with Crippen LogP contribution in [0.15, 0.2) is 12.1 Å². The molecule has 0 radical (unpaired) electrons. The van der Waals surface area contributed by atoms with E-state index in [4.69, 9.17) is 23.2 Å². The van der Waals surface area contributed by atoms with Crippen molar-refractivity contribution in [3.05, 3.63) is 39.3 Å². The minimum absolute atomic E-state index is 0.625. The highest BCUT2D eigenvalue weighted by Gasteiger charge is 2.21. The minimum Gasteiger partial charge on any atom is -0.308 e. The van der Waals surface area contributed by atoms with Crippen LogP contribution in [0.5, 0.6) is 0 Å². The van der Waals surface area contributed by atoms with Crippen LogP contribution in [0.2, 0.25) is 10.0 Å². The molecule has 1 N–H and O–H groups in total. The Hall–Kier alpha value is -1.10. The maximum atomic E-state index is 6.21. The molecule has 0 aromatic carbocycles. The number of halogens is 2. The fraction of sp³-hybridized carbons (Fsp3) is 0.429. The van der Waals surface area contributed by atoms with Crippen LogP contribution in [-0.2, 0) is 6.54 Å². The summed E-state index contributed by atoms with van der Waals surface area (Å²) in [6, 6.07) is 4.34. The number of nitrogens with one attached hydrogen (secondary N) is 1. The first kappa shape index (κ1) is 13.9. The van der Waals surface area contributed by atoms with Crippen LogP contribution < -0.4 is 5.32 Å². The fourth-order valence-corrected chi connectivity index (χ4v) is 2.38. The third-order valence-electron chi connectivity index (χ3n) is 3.46. The van der Waals surface area contributed by atoms with Crippen molar-refractivity contribution in [3.8, 4) is 5.82 Å². The van der Waals surface area contributed by atoms with Gasteiger partial charge >= 0.3 is 0 Å². The predicted molar refractivity (Wildman–Crippen MR) is 80.7 cm³/mol. The smallest absolute Gasteiger partial charge is 0.154 e. The zero-order chi connectivity index (χ0) is 14.3. The highest BCUT2D eigenvalue weighted by Crippen LogP contribution is 2.24. The van der Waals surface area contributed by atoms with Gasteiger partial charge in [0.05, 0.1) is 27.1 Å². The van der Waals surface area contributed by atoms with Crippen molar-refractivity contribution < 1.29 is 0 Å². The van der Waals surface area contributed by atoms with Crippen molar-refractivity contribution in [2.45, 2.75) is 39.3 Å². The van der Waals surface area contributed by atoms with E-state index < -0.39 is 0 Å². The quantitative estimate of drug-likeness (QED) is 0.940. The largest absolute Gasteiger partial charge is 0.308 e. The lowest BCUT2D eigenvalue weighted by Crippen LogP contribution is -2.17. The summed E-state index contributed by atoms with van der Waals surface area (Å²) in [6.45, 7) is 4.50. The molecule has 1 fully saturated rings. The molecule has 1 aliphatic rings. The molecule has 0 bridgehead atoms. The van der Waals surface area contributed by atoms with Crippen molar-refractivity contribution in [2.24, 2.45) is 0 Å². The van der Waals surface area contributed by atoms with Crippen molar-refractivity contribution >= 4 is 23.2 Å². The number of pyridine rings is 1. The third-order valence-corrected chi connectivity index (χ3v) is 4.35. The van der Waals surface area contributed by atoms with Gasteiger partial charge in [0.1, 0.15) is 0 Å². The molecule has 0 saturated heterocycles. The van der Waals surface area contributed by atoms with Crippen LogP contribution in [0, 0.1) is 13.8 Å². The summed E-state index contributed by atoms with van der Waals surface area (Å²) < 4.78 is 1.76. The molecule has 1 aliphatic carbocycles. The Bertz CT molecular complexity index is 647. The van der Waals surface area contributed by atoms with E-state index in [0.717, 1.165) is 22.9 Å². The Morgan fingerprint density at radius 1 is 1.30 bits per heavy atom. The molecule has 1 saturated carbocycles. The lowest BCUT2D eigenvalue weighted by molar-refractivity contribution is 0.669. The van der Waals surface area contributed by atoms with E-state index in [-0.39, 0.29) is 0 Å². The van der Waals surface area contributed by atoms with Gasteiger partial charge in [-0.25, -0.2) is 9.67 Å². The fourth-order valence-electron chi connectivity index (χ4n) is 2.09. The average molecular weight is 311 g/mol. The topological polar surface area (TPSA) is 42.7 Å². The van der Waals surface area contributed by atoms with Gasteiger partial charge in [-0.15, -0.1) is 0 Å². The molecule has 2 heterocycles. The lowest BCUT2D eigenvalue weighted by atomic mass is 10.3. The van der Waals surface area contributed by atoms with Crippen LogP contribution in [0.1, 0.15) is 29.9 Å². The van der Waals surface area contributed by atoms with E-state index in [2.05, 4.69) is 15.4 Å². The summed E-state index contributed by atoms with van der Waals surface area (Å²) in [6.07, 6.45) is 2.48. The summed E-state index contributed by atoms with van der Waals surface area (Å²) in [4.78, 5) is 4.60. The lowest BCUT2D eigenvalue weighted by Gasteiger charge is -2.09. The molecule has 0 unspecified atom stereocenters. The van der Waals surface area contributed by atoms with E-state index >= 15 is 0 Å². The molecule has 0 amide bonds. The number of hydrogen-bond acceptors (Lipinski definition) is 3. The zero-order valence-corrected chi connectivity index (χ0v) is 13.0. The Balaban J connectivity index is 1.92. The Morgan fingerprint density at radius 2 is 2.05 bits per heavy atom. The predicted octanol–water partition coefficient (Wildman–Crippen LogP) is 3.44. The number of aryl methyl sites for hydroxylation is 1. The van der Waals surface area contributed by atoms with Crippen LogP contribution in [0.3, 0.4) is 0 Å². The average Bonchev–Trinajstić information content (AvgIpc) is 3.22. The highest BCUT2D eigenvalue weighted by atomic mass is 35.5. The van der Waals surface area contributed by atoms with Crippen molar-refractivity contribution in [1.82, 2.24) is 20.1 Å². The monoisotopic (exact) mass is 310 g/mol. The van der Waals surface area contributed by atoms with Gasteiger partial charge in [-0.2, -0.15) is 5.10 Å². The Kier molecular flexibility index (Phi) is 3.71. The molecule has 6 heteroatoms. The second kappa shape index (κ2) is 5.35. The SMILES string of the molecule is Cc1nn(-c2ccc(Cl)c(CNC3CC3)n2)c(C)c1Cl. The number of hydrogen-bond donors (Lipinski definition) is 1. The Morgan fingerprint density at radius 3 is 2.65 bits per heavy atom. The van der Waals surface area contributed by atoms with Crippen molar-refractivity contribution in [2.75, 3.05) is 0 Å². The van der Waals surface area contributed by atoms with Crippen LogP contribution in [-0.4, -0.2) is 20.8 Å². The third kappa shape index (κ3) is 2.68. The van der Waals surface area contributed by atoms with Gasteiger partial charge in [-0.1, -0.05) is 23.2 Å². The standard InChI is InChI=1S/C14H16Cl2N4/c1-8-14(16)9(2)20(19-8)13-6-5-11(15)12(18-13)7-17-10-3-4-10/h5-6,10,17H,3-4,7H2,1-2H3. The zero-order valence-electron chi connectivity index (χ0n) is 11.5. The van der Waals surface area contributed by atoms with Crippen LogP contribution in [0.4, 0.5) is 0 Å². The first-order valence-electron chi connectivity index (χ1n) is 6.67. The first-order chi connectivity index (χ1) is 9.56. The van der Waals surface area contributed by atoms with E-state index in [1.54, 1.807) is 4.68 Å². The summed E-state index contributed by atoms with van der Waals surface area (Å²) in [5, 5.41) is 9.19. The summed E-state index contributed by atoms with van der Waals surface area (Å²) in [5.74, 6) is 0.745. The van der Waals surface area contributed by atoms with E-state index in [0.29, 0.717) is 22.6 Å². The molecule has 106 valence electrons. The summed E-state index contributed by atoms with van der Waals surface area (Å²) >= 11 is 12.4. The van der Waals surface area contributed by atoms with Gasteiger partial charge in [0.2, 0.25) is 0 Å². The van der Waals surface area contributed by atoms with Gasteiger partial charge < -0.3 is 5.32 Å². The maximum Gasteiger partial charge on any atom is 0.154 e. The molecule has 3 rings (SSSR count).